The van der Waals surface area contributed by atoms with Crippen molar-refractivity contribution in [2.24, 2.45) is 0 Å². The third-order valence-electron chi connectivity index (χ3n) is 3.48. The number of rotatable bonds is 4. The molecule has 0 bridgehead atoms. The second-order valence-electron chi connectivity index (χ2n) is 4.83. The summed E-state index contributed by atoms with van der Waals surface area (Å²) in [6, 6.07) is 8.99. The number of amides is 1. The zero-order valence-corrected chi connectivity index (χ0v) is 11.9. The molecule has 2 rings (SSSR count). The molecule has 0 radical (unpaired) electrons. The van der Waals surface area contributed by atoms with Crippen molar-refractivity contribution in [3.63, 3.8) is 0 Å². The molecule has 1 amide bonds. The van der Waals surface area contributed by atoms with E-state index in [0.29, 0.717) is 11.3 Å². The maximum Gasteiger partial charge on any atom is 0.255 e. The summed E-state index contributed by atoms with van der Waals surface area (Å²) in [6.45, 7) is 5.31. The van der Waals surface area contributed by atoms with Gasteiger partial charge in [-0.2, -0.15) is 0 Å². The lowest BCUT2D eigenvalue weighted by molar-refractivity contribution is 0.0914. The Bertz CT molecular complexity index is 602. The van der Waals surface area contributed by atoms with E-state index in [1.165, 1.54) is 0 Å². The number of hydrogen-bond donors (Lipinski definition) is 2. The fourth-order valence-corrected chi connectivity index (χ4v) is 2.28. The SMILES string of the molecule is Cc1oc(C)c(C(=O)NC(CO)c2ccccc2)c1C. The average Bonchev–Trinajstić information content (AvgIpc) is 2.70. The van der Waals surface area contributed by atoms with Gasteiger partial charge >= 0.3 is 0 Å². The number of furan rings is 1. The minimum absolute atomic E-state index is 0.148. The van der Waals surface area contributed by atoms with Gasteiger partial charge in [-0.15, -0.1) is 0 Å². The van der Waals surface area contributed by atoms with Gasteiger partial charge in [0.05, 0.1) is 18.2 Å². The first-order chi connectivity index (χ1) is 9.54. The van der Waals surface area contributed by atoms with Gasteiger partial charge in [-0.1, -0.05) is 30.3 Å². The van der Waals surface area contributed by atoms with E-state index in [1.807, 2.05) is 44.2 Å². The lowest BCUT2D eigenvalue weighted by atomic mass is 10.1. The van der Waals surface area contributed by atoms with E-state index in [1.54, 1.807) is 6.92 Å². The number of carbonyl (C=O) groups excluding carboxylic acids is 1. The number of hydrogen-bond acceptors (Lipinski definition) is 3. The molecule has 0 spiro atoms. The lowest BCUT2D eigenvalue weighted by Crippen LogP contribution is -2.31. The van der Waals surface area contributed by atoms with Gasteiger partial charge in [0, 0.05) is 5.56 Å². The molecule has 1 aromatic carbocycles. The standard InChI is InChI=1S/C16H19NO3/c1-10-11(2)20-12(3)15(10)16(19)17-14(9-18)13-7-5-4-6-8-13/h4-8,14,18H,9H2,1-3H3,(H,17,19). The highest BCUT2D eigenvalue weighted by Gasteiger charge is 2.21. The number of benzene rings is 1. The molecular formula is C16H19NO3. The maximum atomic E-state index is 12.4. The molecule has 0 saturated carbocycles. The molecule has 2 N–H and O–H groups in total. The molecule has 0 aliphatic heterocycles. The molecule has 0 aliphatic carbocycles. The molecule has 1 aromatic heterocycles. The molecule has 4 nitrogen and oxygen atoms in total. The number of aliphatic hydroxyl groups is 1. The molecule has 1 unspecified atom stereocenters. The molecule has 0 saturated heterocycles. The van der Waals surface area contributed by atoms with Crippen LogP contribution >= 0.6 is 0 Å². The normalized spacial score (nSPS) is 12.2. The van der Waals surface area contributed by atoms with Crippen molar-refractivity contribution < 1.29 is 14.3 Å². The van der Waals surface area contributed by atoms with Gasteiger partial charge in [-0.05, 0) is 26.3 Å². The summed E-state index contributed by atoms with van der Waals surface area (Å²) in [5.41, 5.74) is 2.26. The third kappa shape index (κ3) is 2.75. The highest BCUT2D eigenvalue weighted by Crippen LogP contribution is 2.22. The fraction of sp³-hybridized carbons (Fsp3) is 0.312. The van der Waals surface area contributed by atoms with Gasteiger partial charge in [0.1, 0.15) is 11.5 Å². The Balaban J connectivity index is 2.22. The van der Waals surface area contributed by atoms with Crippen LogP contribution in [0.5, 0.6) is 0 Å². The van der Waals surface area contributed by atoms with E-state index >= 15 is 0 Å². The summed E-state index contributed by atoms with van der Waals surface area (Å²) < 4.78 is 5.46. The smallest absolute Gasteiger partial charge is 0.255 e. The van der Waals surface area contributed by atoms with Gasteiger partial charge in [-0.3, -0.25) is 4.79 Å². The van der Waals surface area contributed by atoms with Gasteiger partial charge in [0.25, 0.3) is 5.91 Å². The molecule has 2 aromatic rings. The molecule has 0 aliphatic rings. The summed E-state index contributed by atoms with van der Waals surface area (Å²) in [4.78, 5) is 12.4. The van der Waals surface area contributed by atoms with E-state index in [4.69, 9.17) is 4.42 Å². The van der Waals surface area contributed by atoms with Crippen molar-refractivity contribution in [1.82, 2.24) is 5.32 Å². The van der Waals surface area contributed by atoms with Crippen molar-refractivity contribution in [3.8, 4) is 0 Å². The Morgan fingerprint density at radius 3 is 2.35 bits per heavy atom. The zero-order chi connectivity index (χ0) is 14.7. The molecule has 4 heteroatoms. The number of aliphatic hydroxyl groups excluding tert-OH is 1. The van der Waals surface area contributed by atoms with E-state index in [2.05, 4.69) is 5.32 Å². The Labute approximate surface area is 118 Å². The van der Waals surface area contributed by atoms with Crippen LogP contribution in [0.3, 0.4) is 0 Å². The van der Waals surface area contributed by atoms with E-state index < -0.39 is 6.04 Å². The second-order valence-corrected chi connectivity index (χ2v) is 4.83. The Morgan fingerprint density at radius 1 is 1.20 bits per heavy atom. The van der Waals surface area contributed by atoms with Crippen molar-refractivity contribution in [3.05, 3.63) is 58.5 Å². The van der Waals surface area contributed by atoms with Crippen molar-refractivity contribution in [2.75, 3.05) is 6.61 Å². The summed E-state index contributed by atoms with van der Waals surface area (Å²) in [5.74, 6) is 1.12. The summed E-state index contributed by atoms with van der Waals surface area (Å²) in [5, 5.41) is 12.3. The lowest BCUT2D eigenvalue weighted by Gasteiger charge is -2.16. The largest absolute Gasteiger partial charge is 0.466 e. The first-order valence-corrected chi connectivity index (χ1v) is 6.57. The van der Waals surface area contributed by atoms with E-state index in [0.717, 1.165) is 16.9 Å². The van der Waals surface area contributed by atoms with Gasteiger partial charge in [0.2, 0.25) is 0 Å². The molecule has 0 fully saturated rings. The Kier molecular flexibility index (Phi) is 4.25. The average molecular weight is 273 g/mol. The number of carbonyl (C=O) groups is 1. The summed E-state index contributed by atoms with van der Waals surface area (Å²) in [7, 11) is 0. The zero-order valence-electron chi connectivity index (χ0n) is 11.9. The first kappa shape index (κ1) is 14.3. The van der Waals surface area contributed by atoms with Gasteiger partial charge < -0.3 is 14.8 Å². The van der Waals surface area contributed by atoms with E-state index in [-0.39, 0.29) is 12.5 Å². The topological polar surface area (TPSA) is 62.5 Å². The second kappa shape index (κ2) is 5.92. The third-order valence-corrected chi connectivity index (χ3v) is 3.48. The monoisotopic (exact) mass is 273 g/mol. The van der Waals surface area contributed by atoms with Crippen LogP contribution in [0.4, 0.5) is 0 Å². The molecule has 1 atom stereocenters. The van der Waals surface area contributed by atoms with Crippen LogP contribution in [0.25, 0.3) is 0 Å². The minimum Gasteiger partial charge on any atom is -0.466 e. The van der Waals surface area contributed by atoms with Gasteiger partial charge in [0.15, 0.2) is 0 Å². The fourth-order valence-electron chi connectivity index (χ4n) is 2.28. The molecule has 106 valence electrons. The maximum absolute atomic E-state index is 12.4. The minimum atomic E-state index is -0.419. The Hall–Kier alpha value is -2.07. The quantitative estimate of drug-likeness (QED) is 0.900. The molecular weight excluding hydrogens is 254 g/mol. The van der Waals surface area contributed by atoms with Crippen molar-refractivity contribution in [2.45, 2.75) is 26.8 Å². The van der Waals surface area contributed by atoms with Crippen LogP contribution in [0.15, 0.2) is 34.7 Å². The summed E-state index contributed by atoms with van der Waals surface area (Å²) >= 11 is 0. The Morgan fingerprint density at radius 2 is 1.85 bits per heavy atom. The van der Waals surface area contributed by atoms with Crippen LogP contribution < -0.4 is 5.32 Å². The van der Waals surface area contributed by atoms with Crippen LogP contribution in [0.1, 0.15) is 39.0 Å². The number of aryl methyl sites for hydroxylation is 2. The predicted octanol–water partition coefficient (Wildman–Crippen LogP) is 2.67. The van der Waals surface area contributed by atoms with Gasteiger partial charge in [-0.25, -0.2) is 0 Å². The van der Waals surface area contributed by atoms with Crippen LogP contribution in [0.2, 0.25) is 0 Å². The number of nitrogens with one attached hydrogen (secondary N) is 1. The van der Waals surface area contributed by atoms with Crippen molar-refractivity contribution in [1.29, 1.82) is 0 Å². The highest BCUT2D eigenvalue weighted by atomic mass is 16.3. The van der Waals surface area contributed by atoms with Crippen LogP contribution in [-0.4, -0.2) is 17.6 Å². The summed E-state index contributed by atoms with van der Waals surface area (Å²) in [6.07, 6.45) is 0. The first-order valence-electron chi connectivity index (χ1n) is 6.57. The predicted molar refractivity (Wildman–Crippen MR) is 76.7 cm³/mol. The van der Waals surface area contributed by atoms with E-state index in [9.17, 15) is 9.90 Å². The van der Waals surface area contributed by atoms with Crippen LogP contribution in [-0.2, 0) is 0 Å². The molecule has 1 heterocycles. The van der Waals surface area contributed by atoms with Crippen molar-refractivity contribution >= 4 is 5.91 Å². The molecule has 20 heavy (non-hydrogen) atoms. The highest BCUT2D eigenvalue weighted by molar-refractivity contribution is 5.97. The van der Waals surface area contributed by atoms with Crippen LogP contribution in [0, 0.1) is 20.8 Å².